The fourth-order valence-corrected chi connectivity index (χ4v) is 3.48. The molecular weight excluding hydrogens is 272 g/mol. The normalized spacial score (nSPS) is 27.1. The van der Waals surface area contributed by atoms with Crippen LogP contribution in [0.1, 0.15) is 25.5 Å². The number of fused-ring (bicyclic) bond motifs is 4. The van der Waals surface area contributed by atoms with Crippen LogP contribution in [0.4, 0.5) is 0 Å². The first-order valence-electron chi connectivity index (χ1n) is 6.98. The summed E-state index contributed by atoms with van der Waals surface area (Å²) in [4.78, 5) is 0. The molecule has 2 aliphatic heterocycles. The molecule has 0 radical (unpaired) electrons. The van der Waals surface area contributed by atoms with Gasteiger partial charge in [0.1, 0.15) is 5.75 Å². The van der Waals surface area contributed by atoms with Crippen molar-refractivity contribution in [1.82, 2.24) is 9.88 Å². The van der Waals surface area contributed by atoms with Gasteiger partial charge in [-0.3, -0.25) is 0 Å². The molecule has 2 aliphatic rings. The molecule has 4 heteroatoms. The fraction of sp³-hybridized carbons (Fsp3) is 0.375. The highest BCUT2D eigenvalue weighted by Gasteiger charge is 2.43. The zero-order valence-corrected chi connectivity index (χ0v) is 12.3. The van der Waals surface area contributed by atoms with Crippen LogP contribution in [0.15, 0.2) is 42.6 Å². The number of nitrogens with zero attached hydrogens (tertiary/aromatic N) is 1. The molecule has 1 aromatic heterocycles. The highest BCUT2D eigenvalue weighted by atomic mass is 35.5. The van der Waals surface area contributed by atoms with E-state index in [2.05, 4.69) is 53.3 Å². The molecule has 4 rings (SSSR count). The Morgan fingerprint density at radius 2 is 2.10 bits per heavy atom. The van der Waals surface area contributed by atoms with Gasteiger partial charge >= 0.3 is 0 Å². The number of aromatic nitrogens is 1. The zero-order valence-electron chi connectivity index (χ0n) is 11.5. The van der Waals surface area contributed by atoms with Crippen molar-refractivity contribution in [3.8, 4) is 11.4 Å². The van der Waals surface area contributed by atoms with Gasteiger partial charge in [0.05, 0.1) is 11.4 Å². The van der Waals surface area contributed by atoms with Crippen molar-refractivity contribution >= 4 is 12.4 Å². The summed E-state index contributed by atoms with van der Waals surface area (Å²) in [5.41, 5.74) is 2.28. The first kappa shape index (κ1) is 13.5. The lowest BCUT2D eigenvalue weighted by molar-refractivity contribution is 0.00754. The Bertz CT molecular complexity index is 624. The standard InChI is InChI=1S/C16H18N2O.ClH/c1-12-11-16(8-9-17-12)15-7-4-10-18(15)13-5-2-3-6-14(13)19-16;/h2-7,10,12,17H,8-9,11H2,1H3;1H. The number of ether oxygens (including phenoxy) is 1. The second-order valence-corrected chi connectivity index (χ2v) is 5.64. The molecule has 2 aromatic rings. The third kappa shape index (κ3) is 1.85. The first-order valence-corrected chi connectivity index (χ1v) is 6.98. The lowest BCUT2D eigenvalue weighted by Crippen LogP contribution is -2.50. The van der Waals surface area contributed by atoms with Crippen LogP contribution in [-0.4, -0.2) is 17.2 Å². The van der Waals surface area contributed by atoms with Gasteiger partial charge in [0.15, 0.2) is 5.60 Å². The van der Waals surface area contributed by atoms with E-state index in [1.807, 2.05) is 6.07 Å². The minimum Gasteiger partial charge on any atom is -0.479 e. The Morgan fingerprint density at radius 3 is 2.95 bits per heavy atom. The van der Waals surface area contributed by atoms with E-state index in [-0.39, 0.29) is 18.0 Å². The molecule has 0 bridgehead atoms. The molecule has 1 aromatic carbocycles. The summed E-state index contributed by atoms with van der Waals surface area (Å²) in [6, 6.07) is 13.1. The fourth-order valence-electron chi connectivity index (χ4n) is 3.48. The minimum absolute atomic E-state index is 0. The summed E-state index contributed by atoms with van der Waals surface area (Å²) in [5.74, 6) is 1.00. The Hall–Kier alpha value is -1.45. The molecule has 106 valence electrons. The average molecular weight is 291 g/mol. The van der Waals surface area contributed by atoms with E-state index in [1.54, 1.807) is 0 Å². The molecule has 20 heavy (non-hydrogen) atoms. The maximum absolute atomic E-state index is 6.45. The number of benzene rings is 1. The smallest absolute Gasteiger partial charge is 0.152 e. The van der Waals surface area contributed by atoms with E-state index in [0.29, 0.717) is 6.04 Å². The van der Waals surface area contributed by atoms with Gasteiger partial charge in [-0.05, 0) is 37.7 Å². The molecular formula is C16H19ClN2O. The van der Waals surface area contributed by atoms with E-state index >= 15 is 0 Å². The van der Waals surface area contributed by atoms with Gasteiger partial charge in [-0.15, -0.1) is 12.4 Å². The van der Waals surface area contributed by atoms with Crippen LogP contribution in [0.2, 0.25) is 0 Å². The van der Waals surface area contributed by atoms with Crippen LogP contribution in [-0.2, 0) is 5.60 Å². The minimum atomic E-state index is -0.164. The summed E-state index contributed by atoms with van der Waals surface area (Å²) in [7, 11) is 0. The first-order chi connectivity index (χ1) is 9.28. The molecule has 1 saturated heterocycles. The van der Waals surface area contributed by atoms with Crippen molar-refractivity contribution < 1.29 is 4.74 Å². The van der Waals surface area contributed by atoms with Crippen LogP contribution >= 0.6 is 12.4 Å². The van der Waals surface area contributed by atoms with Crippen LogP contribution in [0.5, 0.6) is 5.75 Å². The van der Waals surface area contributed by atoms with Gasteiger partial charge in [-0.1, -0.05) is 12.1 Å². The molecule has 0 saturated carbocycles. The largest absolute Gasteiger partial charge is 0.479 e. The van der Waals surface area contributed by atoms with E-state index in [1.165, 1.54) is 5.69 Å². The third-order valence-corrected chi connectivity index (χ3v) is 4.30. The maximum atomic E-state index is 6.45. The number of piperidine rings is 1. The number of rotatable bonds is 0. The molecule has 3 heterocycles. The summed E-state index contributed by atoms with van der Waals surface area (Å²) in [5, 5.41) is 3.51. The van der Waals surface area contributed by atoms with Crippen LogP contribution < -0.4 is 10.1 Å². The predicted octanol–water partition coefficient (Wildman–Crippen LogP) is 3.26. The second-order valence-electron chi connectivity index (χ2n) is 5.64. The van der Waals surface area contributed by atoms with Crippen molar-refractivity contribution in [3.05, 3.63) is 48.3 Å². The van der Waals surface area contributed by atoms with Crippen LogP contribution in [0, 0.1) is 0 Å². The molecule has 1 fully saturated rings. The van der Waals surface area contributed by atoms with Crippen molar-refractivity contribution in [2.24, 2.45) is 0 Å². The monoisotopic (exact) mass is 290 g/mol. The van der Waals surface area contributed by atoms with Crippen molar-refractivity contribution in [2.45, 2.75) is 31.4 Å². The van der Waals surface area contributed by atoms with Crippen LogP contribution in [0.25, 0.3) is 5.69 Å². The molecule has 0 amide bonds. The number of hydrogen-bond acceptors (Lipinski definition) is 2. The summed E-state index contributed by atoms with van der Waals surface area (Å²) < 4.78 is 8.74. The van der Waals surface area contributed by atoms with Gasteiger partial charge < -0.3 is 14.6 Å². The van der Waals surface area contributed by atoms with Crippen LogP contribution in [0.3, 0.4) is 0 Å². The average Bonchev–Trinajstić information content (AvgIpc) is 2.89. The predicted molar refractivity (Wildman–Crippen MR) is 82.0 cm³/mol. The van der Waals surface area contributed by atoms with Crippen molar-refractivity contribution in [2.75, 3.05) is 6.54 Å². The van der Waals surface area contributed by atoms with E-state index in [4.69, 9.17) is 4.74 Å². The quantitative estimate of drug-likeness (QED) is 0.806. The lowest BCUT2D eigenvalue weighted by atomic mass is 9.84. The van der Waals surface area contributed by atoms with Gasteiger partial charge in [0, 0.05) is 25.1 Å². The van der Waals surface area contributed by atoms with Crippen molar-refractivity contribution in [1.29, 1.82) is 0 Å². The molecule has 0 aliphatic carbocycles. The van der Waals surface area contributed by atoms with Gasteiger partial charge in [0.2, 0.25) is 0 Å². The van der Waals surface area contributed by atoms with E-state index in [9.17, 15) is 0 Å². The molecule has 3 nitrogen and oxygen atoms in total. The third-order valence-electron chi connectivity index (χ3n) is 4.30. The summed E-state index contributed by atoms with van der Waals surface area (Å²) in [6.07, 6.45) is 4.19. The molecule has 1 N–H and O–H groups in total. The van der Waals surface area contributed by atoms with E-state index < -0.39 is 0 Å². The molecule has 1 spiro atoms. The van der Waals surface area contributed by atoms with Gasteiger partial charge in [-0.2, -0.15) is 0 Å². The number of hydrogen-bond donors (Lipinski definition) is 1. The highest BCUT2D eigenvalue weighted by molar-refractivity contribution is 5.85. The SMILES string of the molecule is CC1CC2(CCN1)Oc1ccccc1-n1cccc12.Cl. The Morgan fingerprint density at radius 1 is 1.25 bits per heavy atom. The second kappa shape index (κ2) is 4.83. The maximum Gasteiger partial charge on any atom is 0.152 e. The molecule has 2 atom stereocenters. The summed E-state index contributed by atoms with van der Waals surface area (Å²) >= 11 is 0. The Balaban J connectivity index is 0.00000121. The number of para-hydroxylation sites is 2. The number of halogens is 1. The van der Waals surface area contributed by atoms with Gasteiger partial charge in [0.25, 0.3) is 0 Å². The Kier molecular flexibility index (Phi) is 3.27. The highest BCUT2D eigenvalue weighted by Crippen LogP contribution is 2.44. The lowest BCUT2D eigenvalue weighted by Gasteiger charge is -2.44. The van der Waals surface area contributed by atoms with Gasteiger partial charge in [-0.25, -0.2) is 0 Å². The Labute approximate surface area is 125 Å². The zero-order chi connectivity index (χ0) is 12.9. The topological polar surface area (TPSA) is 26.2 Å². The number of nitrogens with one attached hydrogen (secondary N) is 1. The van der Waals surface area contributed by atoms with Crippen molar-refractivity contribution in [3.63, 3.8) is 0 Å². The summed E-state index contributed by atoms with van der Waals surface area (Å²) in [6.45, 7) is 3.24. The molecule has 2 unspecified atom stereocenters. The van der Waals surface area contributed by atoms with E-state index in [0.717, 1.165) is 30.8 Å².